The summed E-state index contributed by atoms with van der Waals surface area (Å²) in [6.45, 7) is 1.90. The second-order valence-electron chi connectivity index (χ2n) is 10.8. The van der Waals surface area contributed by atoms with Crippen molar-refractivity contribution in [1.29, 1.82) is 0 Å². The van der Waals surface area contributed by atoms with E-state index in [2.05, 4.69) is 5.32 Å². The van der Waals surface area contributed by atoms with Crippen LogP contribution in [0.15, 0.2) is 108 Å². The molecule has 1 N–H and O–H groups in total. The number of nitrogens with zero attached hydrogens (tertiary/aromatic N) is 2. The Bertz CT molecular complexity index is 1680. The predicted molar refractivity (Wildman–Crippen MR) is 157 cm³/mol. The van der Waals surface area contributed by atoms with Crippen molar-refractivity contribution >= 4 is 17.9 Å². The summed E-state index contributed by atoms with van der Waals surface area (Å²) < 4.78 is 21.2. The molecule has 2 bridgehead atoms. The maximum Gasteiger partial charge on any atom is 0.270 e. The number of carbonyl (C=O) groups excluding carboxylic acids is 2. The number of likely N-dealkylation sites (tertiary alicyclic amines) is 1. The van der Waals surface area contributed by atoms with E-state index in [0.717, 1.165) is 17.7 Å². The number of benzene rings is 3. The number of amides is 2. The lowest BCUT2D eigenvalue weighted by Gasteiger charge is -2.43. The van der Waals surface area contributed by atoms with Crippen molar-refractivity contribution < 1.29 is 18.7 Å². The monoisotopic (exact) mass is 563 g/mol. The fourth-order valence-electron chi connectivity index (χ4n) is 5.75. The summed E-state index contributed by atoms with van der Waals surface area (Å²) in [4.78, 5) is 41.2. The molecular weight excluding hydrogens is 533 g/mol. The van der Waals surface area contributed by atoms with E-state index in [1.807, 2.05) is 65.2 Å². The molecule has 2 unspecified atom stereocenters. The van der Waals surface area contributed by atoms with Crippen molar-refractivity contribution in [2.75, 3.05) is 13.1 Å². The van der Waals surface area contributed by atoms with Crippen LogP contribution in [-0.2, 0) is 17.9 Å². The first-order valence-corrected chi connectivity index (χ1v) is 14.0. The molecule has 0 saturated carbocycles. The third-order valence-electron chi connectivity index (χ3n) is 7.79. The van der Waals surface area contributed by atoms with E-state index >= 15 is 0 Å². The van der Waals surface area contributed by atoms with Crippen LogP contribution in [0.4, 0.5) is 4.39 Å². The molecule has 3 heterocycles. The number of carbonyl (C=O) groups is 2. The van der Waals surface area contributed by atoms with Crippen molar-refractivity contribution in [2.24, 2.45) is 5.92 Å². The Hall–Kier alpha value is -4.98. The Labute approximate surface area is 242 Å². The quantitative estimate of drug-likeness (QED) is 0.322. The summed E-state index contributed by atoms with van der Waals surface area (Å²) in [7, 11) is 0. The van der Waals surface area contributed by atoms with Gasteiger partial charge in [-0.05, 0) is 72.0 Å². The molecule has 0 spiro atoms. The Kier molecular flexibility index (Phi) is 7.68. The zero-order valence-corrected chi connectivity index (χ0v) is 22.9. The van der Waals surface area contributed by atoms with Gasteiger partial charge in [0.25, 0.3) is 17.4 Å². The Balaban J connectivity index is 1.24. The van der Waals surface area contributed by atoms with Gasteiger partial charge in [-0.3, -0.25) is 14.4 Å². The number of fused-ring (bicyclic) bond motifs is 4. The number of rotatable bonds is 7. The van der Waals surface area contributed by atoms with Crippen molar-refractivity contribution in [3.63, 3.8) is 0 Å². The second kappa shape index (κ2) is 11.9. The number of piperidine rings is 1. The highest BCUT2D eigenvalue weighted by Gasteiger charge is 2.37. The molecule has 6 rings (SSSR count). The fourth-order valence-corrected chi connectivity index (χ4v) is 5.75. The number of halogens is 1. The number of pyridine rings is 1. The maximum absolute atomic E-state index is 13.9. The van der Waals surface area contributed by atoms with E-state index in [0.29, 0.717) is 37.6 Å². The molecule has 1 saturated heterocycles. The van der Waals surface area contributed by atoms with E-state index in [9.17, 15) is 18.8 Å². The molecule has 8 heteroatoms. The van der Waals surface area contributed by atoms with Gasteiger partial charge >= 0.3 is 0 Å². The number of hydrogen-bond acceptors (Lipinski definition) is 4. The van der Waals surface area contributed by atoms with Crippen molar-refractivity contribution in [1.82, 2.24) is 14.8 Å². The van der Waals surface area contributed by atoms with Gasteiger partial charge in [0.05, 0.1) is 0 Å². The summed E-state index contributed by atoms with van der Waals surface area (Å²) in [6, 6.07) is 27.6. The lowest BCUT2D eigenvalue weighted by molar-refractivity contribution is -0.130. The van der Waals surface area contributed by atoms with Gasteiger partial charge in [-0.25, -0.2) is 4.39 Å². The molecule has 2 amide bonds. The van der Waals surface area contributed by atoms with Gasteiger partial charge in [0.15, 0.2) is 0 Å². The molecule has 0 radical (unpaired) electrons. The second-order valence-corrected chi connectivity index (χ2v) is 10.8. The van der Waals surface area contributed by atoms with Gasteiger partial charge in [-0.1, -0.05) is 48.5 Å². The minimum atomic E-state index is -0.508. The summed E-state index contributed by atoms with van der Waals surface area (Å²) in [5.41, 5.74) is 3.03. The molecule has 2 aliphatic rings. The number of aromatic nitrogens is 1. The molecule has 212 valence electrons. The lowest BCUT2D eigenvalue weighted by atomic mass is 9.83. The standard InChI is InChI=1S/C34H30FN3O4/c35-28-13-11-26(12-14-28)33(40)36-30(18-23-9-15-29(16-10-23)42-22-24-5-2-1-3-6-24)34(41)37-19-25-17-27(21-37)31-7-4-8-32(39)38(31)20-25/h1-16,18,25,27H,17,19-22H2,(H,36,40). The molecule has 2 atom stereocenters. The first-order valence-electron chi connectivity index (χ1n) is 14.0. The van der Waals surface area contributed by atoms with Crippen molar-refractivity contribution in [3.05, 3.63) is 141 Å². The topological polar surface area (TPSA) is 80.6 Å². The normalized spacial score (nSPS) is 17.7. The lowest BCUT2D eigenvalue weighted by Crippen LogP contribution is -2.50. The highest BCUT2D eigenvalue weighted by atomic mass is 19.1. The van der Waals surface area contributed by atoms with Crippen LogP contribution in [-0.4, -0.2) is 34.4 Å². The van der Waals surface area contributed by atoms with Crippen LogP contribution in [0.3, 0.4) is 0 Å². The molecule has 42 heavy (non-hydrogen) atoms. The average molecular weight is 564 g/mol. The van der Waals surface area contributed by atoms with Gasteiger partial charge in [-0.2, -0.15) is 0 Å². The van der Waals surface area contributed by atoms with Gasteiger partial charge < -0.3 is 19.5 Å². The summed E-state index contributed by atoms with van der Waals surface area (Å²) in [6.07, 6.45) is 2.55. The average Bonchev–Trinajstić information content (AvgIpc) is 3.01. The largest absolute Gasteiger partial charge is 0.489 e. The number of hydrogen-bond donors (Lipinski definition) is 1. The first kappa shape index (κ1) is 27.2. The molecule has 2 aliphatic heterocycles. The minimum absolute atomic E-state index is 0.0229. The first-order chi connectivity index (χ1) is 20.4. The van der Waals surface area contributed by atoms with E-state index in [1.54, 1.807) is 23.1 Å². The van der Waals surface area contributed by atoms with E-state index < -0.39 is 11.7 Å². The number of nitrogens with one attached hydrogen (secondary N) is 1. The molecule has 3 aromatic carbocycles. The smallest absolute Gasteiger partial charge is 0.270 e. The molecule has 4 aromatic rings. The predicted octanol–water partition coefficient (Wildman–Crippen LogP) is 4.98. The third-order valence-corrected chi connectivity index (χ3v) is 7.79. The minimum Gasteiger partial charge on any atom is -0.489 e. The van der Waals surface area contributed by atoms with Crippen LogP contribution in [0.25, 0.3) is 6.08 Å². The fraction of sp³-hybridized carbons (Fsp3) is 0.206. The van der Waals surface area contributed by atoms with E-state index in [1.165, 1.54) is 24.3 Å². The SMILES string of the molecule is O=C(NC(=Cc1ccc(OCc2ccccc2)cc1)C(=O)N1CC2CC(C1)c1cccc(=O)n1C2)c1ccc(F)cc1. The summed E-state index contributed by atoms with van der Waals surface area (Å²) in [5.74, 6) is -0.423. The summed E-state index contributed by atoms with van der Waals surface area (Å²) >= 11 is 0. The molecule has 0 aliphatic carbocycles. The highest BCUT2D eigenvalue weighted by Crippen LogP contribution is 2.35. The highest BCUT2D eigenvalue weighted by molar-refractivity contribution is 6.05. The molecule has 1 aromatic heterocycles. The Morgan fingerprint density at radius 3 is 2.40 bits per heavy atom. The van der Waals surface area contributed by atoms with Crippen LogP contribution < -0.4 is 15.6 Å². The van der Waals surface area contributed by atoms with E-state index in [-0.39, 0.29) is 34.6 Å². The molecule has 7 nitrogen and oxygen atoms in total. The zero-order chi connectivity index (χ0) is 29.1. The van der Waals surface area contributed by atoms with Gasteiger partial charge in [0, 0.05) is 42.9 Å². The van der Waals surface area contributed by atoms with Gasteiger partial charge in [0.2, 0.25) is 0 Å². The van der Waals surface area contributed by atoms with Gasteiger partial charge in [0.1, 0.15) is 23.9 Å². The van der Waals surface area contributed by atoms with Crippen LogP contribution in [0.1, 0.15) is 39.5 Å². The van der Waals surface area contributed by atoms with Gasteiger partial charge in [-0.15, -0.1) is 0 Å². The van der Waals surface area contributed by atoms with Crippen molar-refractivity contribution in [2.45, 2.75) is 25.5 Å². The van der Waals surface area contributed by atoms with Crippen LogP contribution in [0, 0.1) is 11.7 Å². The Morgan fingerprint density at radius 1 is 0.881 bits per heavy atom. The van der Waals surface area contributed by atoms with Crippen LogP contribution in [0.5, 0.6) is 5.75 Å². The van der Waals surface area contributed by atoms with Crippen molar-refractivity contribution in [3.8, 4) is 5.75 Å². The zero-order valence-electron chi connectivity index (χ0n) is 22.9. The molecule has 1 fully saturated rings. The molecular formula is C34H30FN3O4. The van der Waals surface area contributed by atoms with Crippen LogP contribution in [0.2, 0.25) is 0 Å². The van der Waals surface area contributed by atoms with Crippen LogP contribution >= 0.6 is 0 Å². The Morgan fingerprint density at radius 2 is 1.64 bits per heavy atom. The summed E-state index contributed by atoms with van der Waals surface area (Å²) in [5, 5.41) is 2.78. The number of ether oxygens (including phenoxy) is 1. The van der Waals surface area contributed by atoms with E-state index in [4.69, 9.17) is 4.74 Å². The maximum atomic E-state index is 13.9. The third kappa shape index (κ3) is 6.02.